The first-order valence-electron chi connectivity index (χ1n) is 7.51. The first-order valence-corrected chi connectivity index (χ1v) is 8.27. The van der Waals surface area contributed by atoms with Gasteiger partial charge in [0.2, 0.25) is 0 Å². The molecular weight excluding hydrogens is 404 g/mol. The van der Waals surface area contributed by atoms with Crippen LogP contribution in [0.25, 0.3) is 0 Å². The van der Waals surface area contributed by atoms with Gasteiger partial charge in [0.15, 0.2) is 0 Å². The first kappa shape index (κ1) is 20.7. The minimum absolute atomic E-state index is 0.0269. The van der Waals surface area contributed by atoms with E-state index in [-0.39, 0.29) is 18.9 Å². The third-order valence-electron chi connectivity index (χ3n) is 3.11. The fraction of sp³-hybridized carbons (Fsp3) is 0.167. The summed E-state index contributed by atoms with van der Waals surface area (Å²) in [5, 5.41) is 5.71. The van der Waals surface area contributed by atoms with E-state index in [1.165, 1.54) is 18.2 Å². The lowest BCUT2D eigenvalue weighted by atomic mass is 10.2. The molecule has 0 bridgehead atoms. The lowest BCUT2D eigenvalue weighted by Gasteiger charge is -2.08. The van der Waals surface area contributed by atoms with Crippen LogP contribution in [0.1, 0.15) is 5.56 Å². The third-order valence-corrected chi connectivity index (χ3v) is 3.85. The number of amides is 2. The quantitative estimate of drug-likeness (QED) is 0.671. The van der Waals surface area contributed by atoms with E-state index in [4.69, 9.17) is 27.9 Å². The monoisotopic (exact) mass is 416 g/mol. The van der Waals surface area contributed by atoms with Crippen molar-refractivity contribution >= 4 is 34.9 Å². The average molecular weight is 417 g/mol. The molecule has 0 radical (unpaired) electrons. The van der Waals surface area contributed by atoms with Gasteiger partial charge in [0.05, 0.1) is 22.2 Å². The third kappa shape index (κ3) is 6.93. The molecule has 0 saturated carbocycles. The summed E-state index contributed by atoms with van der Waals surface area (Å²) in [6.45, 7) is -0.0868. The normalized spacial score (nSPS) is 10.6. The highest BCUT2D eigenvalue weighted by molar-refractivity contribution is 6.42. The van der Waals surface area contributed by atoms with Crippen molar-refractivity contribution in [3.8, 4) is 17.6 Å². The lowest BCUT2D eigenvalue weighted by Crippen LogP contribution is -2.28. The predicted molar refractivity (Wildman–Crippen MR) is 98.2 cm³/mol. The zero-order chi connectivity index (χ0) is 19.9. The Labute approximate surface area is 163 Å². The molecule has 2 aromatic carbocycles. The summed E-state index contributed by atoms with van der Waals surface area (Å²) in [5.74, 6) is 5.27. The molecule has 2 rings (SSSR count). The van der Waals surface area contributed by atoms with Crippen LogP contribution in [0.15, 0.2) is 42.5 Å². The number of anilines is 1. The smallest absolute Gasteiger partial charge is 0.416 e. The second kappa shape index (κ2) is 9.40. The molecule has 0 aliphatic carbocycles. The number of hydrogen-bond donors (Lipinski definition) is 2. The van der Waals surface area contributed by atoms with Crippen molar-refractivity contribution < 1.29 is 22.7 Å². The summed E-state index contributed by atoms with van der Waals surface area (Å²) in [6, 6.07) is 8.63. The fourth-order valence-corrected chi connectivity index (χ4v) is 2.17. The minimum Gasteiger partial charge on any atom is -0.481 e. The predicted octanol–water partition coefficient (Wildman–Crippen LogP) is 5.22. The van der Waals surface area contributed by atoms with Gasteiger partial charge in [-0.05, 0) is 36.4 Å². The molecule has 0 fully saturated rings. The van der Waals surface area contributed by atoms with Crippen molar-refractivity contribution in [2.45, 2.75) is 6.18 Å². The molecule has 142 valence electrons. The number of urea groups is 1. The Morgan fingerprint density at radius 3 is 2.56 bits per heavy atom. The van der Waals surface area contributed by atoms with E-state index in [1.54, 1.807) is 12.1 Å². The maximum atomic E-state index is 12.6. The number of carbonyl (C=O) groups excluding carboxylic acids is 1. The van der Waals surface area contributed by atoms with Crippen molar-refractivity contribution in [1.29, 1.82) is 0 Å². The molecular formula is C18H13Cl2F3N2O2. The molecule has 0 aliphatic rings. The number of halogens is 5. The van der Waals surface area contributed by atoms with Gasteiger partial charge in [-0.2, -0.15) is 13.2 Å². The first-order chi connectivity index (χ1) is 12.8. The zero-order valence-corrected chi connectivity index (χ0v) is 15.2. The van der Waals surface area contributed by atoms with E-state index in [0.29, 0.717) is 15.7 Å². The van der Waals surface area contributed by atoms with E-state index < -0.39 is 17.8 Å². The van der Waals surface area contributed by atoms with Crippen LogP contribution in [-0.4, -0.2) is 19.2 Å². The molecule has 0 unspecified atom stereocenters. The Morgan fingerprint density at radius 2 is 1.85 bits per heavy atom. The maximum absolute atomic E-state index is 12.6. The maximum Gasteiger partial charge on any atom is 0.416 e. The minimum atomic E-state index is -4.43. The molecule has 2 amide bonds. The van der Waals surface area contributed by atoms with Crippen LogP contribution in [0.2, 0.25) is 10.0 Å². The standard InChI is InChI=1S/C18H13Cl2F3N2O2/c19-15-7-6-13(11-16(15)20)25-17(26)24-8-1-2-9-27-14-5-3-4-12(10-14)18(21,22)23/h3-7,10-11H,8-9H2,(H2,24,25,26). The van der Waals surface area contributed by atoms with Gasteiger partial charge in [0.1, 0.15) is 12.4 Å². The molecule has 4 nitrogen and oxygen atoms in total. The highest BCUT2D eigenvalue weighted by atomic mass is 35.5. The van der Waals surface area contributed by atoms with Gasteiger partial charge >= 0.3 is 12.2 Å². The SMILES string of the molecule is O=C(NCC#CCOc1cccc(C(F)(F)F)c1)Nc1ccc(Cl)c(Cl)c1. The lowest BCUT2D eigenvalue weighted by molar-refractivity contribution is -0.137. The largest absolute Gasteiger partial charge is 0.481 e. The molecule has 0 spiro atoms. The zero-order valence-electron chi connectivity index (χ0n) is 13.7. The van der Waals surface area contributed by atoms with Crippen LogP contribution in [0.5, 0.6) is 5.75 Å². The van der Waals surface area contributed by atoms with Crippen molar-refractivity contribution in [1.82, 2.24) is 5.32 Å². The molecule has 2 N–H and O–H groups in total. The van der Waals surface area contributed by atoms with Crippen LogP contribution in [0.3, 0.4) is 0 Å². The van der Waals surface area contributed by atoms with Gasteiger partial charge in [-0.3, -0.25) is 0 Å². The number of alkyl halides is 3. The molecule has 2 aromatic rings. The summed E-state index contributed by atoms with van der Waals surface area (Å²) in [7, 11) is 0. The Balaban J connectivity index is 1.74. The Bertz CT molecular complexity index is 877. The number of carbonyl (C=O) groups is 1. The van der Waals surface area contributed by atoms with Gasteiger partial charge in [-0.15, -0.1) is 0 Å². The number of nitrogens with one attached hydrogen (secondary N) is 2. The summed E-state index contributed by atoms with van der Waals surface area (Å²) in [6.07, 6.45) is -4.43. The summed E-state index contributed by atoms with van der Waals surface area (Å²) < 4.78 is 42.9. The van der Waals surface area contributed by atoms with Gasteiger partial charge in [0.25, 0.3) is 0 Å². The second-order valence-corrected chi connectivity index (χ2v) is 5.92. The van der Waals surface area contributed by atoms with Crippen molar-refractivity contribution in [2.24, 2.45) is 0 Å². The second-order valence-electron chi connectivity index (χ2n) is 5.10. The van der Waals surface area contributed by atoms with Crippen LogP contribution in [0.4, 0.5) is 23.7 Å². The molecule has 0 atom stereocenters. The van der Waals surface area contributed by atoms with E-state index in [1.807, 2.05) is 0 Å². The molecule has 0 heterocycles. The number of hydrogen-bond acceptors (Lipinski definition) is 2. The molecule has 9 heteroatoms. The molecule has 27 heavy (non-hydrogen) atoms. The summed E-state index contributed by atoms with van der Waals surface area (Å²) in [5.41, 5.74) is -0.337. The van der Waals surface area contributed by atoms with Crippen molar-refractivity contribution in [3.63, 3.8) is 0 Å². The van der Waals surface area contributed by atoms with Crippen LogP contribution in [0, 0.1) is 11.8 Å². The number of rotatable bonds is 4. The topological polar surface area (TPSA) is 50.4 Å². The Hall–Kier alpha value is -2.56. The Kier molecular flexibility index (Phi) is 7.22. The van der Waals surface area contributed by atoms with Gasteiger partial charge in [-0.1, -0.05) is 41.1 Å². The highest BCUT2D eigenvalue weighted by Crippen LogP contribution is 2.31. The average Bonchev–Trinajstić information content (AvgIpc) is 2.61. The van der Waals surface area contributed by atoms with E-state index in [0.717, 1.165) is 12.1 Å². The number of ether oxygens (including phenoxy) is 1. The van der Waals surface area contributed by atoms with Crippen LogP contribution in [-0.2, 0) is 6.18 Å². The van der Waals surface area contributed by atoms with Gasteiger partial charge in [-0.25, -0.2) is 4.79 Å². The Morgan fingerprint density at radius 1 is 1.07 bits per heavy atom. The number of benzene rings is 2. The van der Waals surface area contributed by atoms with Crippen molar-refractivity contribution in [2.75, 3.05) is 18.5 Å². The van der Waals surface area contributed by atoms with Gasteiger partial charge in [0, 0.05) is 5.69 Å². The molecule has 0 saturated heterocycles. The molecule has 0 aromatic heterocycles. The van der Waals surface area contributed by atoms with Crippen molar-refractivity contribution in [3.05, 3.63) is 58.1 Å². The van der Waals surface area contributed by atoms with E-state index in [9.17, 15) is 18.0 Å². The van der Waals surface area contributed by atoms with Gasteiger partial charge < -0.3 is 15.4 Å². The van der Waals surface area contributed by atoms with Crippen LogP contribution >= 0.6 is 23.2 Å². The highest BCUT2D eigenvalue weighted by Gasteiger charge is 2.30. The summed E-state index contributed by atoms with van der Waals surface area (Å²) in [4.78, 5) is 11.7. The molecule has 0 aliphatic heterocycles. The van der Waals surface area contributed by atoms with E-state index >= 15 is 0 Å². The van der Waals surface area contributed by atoms with Crippen LogP contribution < -0.4 is 15.4 Å². The van der Waals surface area contributed by atoms with E-state index in [2.05, 4.69) is 22.5 Å². The summed E-state index contributed by atoms with van der Waals surface area (Å²) >= 11 is 11.6. The fourth-order valence-electron chi connectivity index (χ4n) is 1.87.